The Hall–Kier alpha value is -0.500. The van der Waals surface area contributed by atoms with Gasteiger partial charge in [0, 0.05) is 17.9 Å². The number of alkyl halides is 1. The molecule has 0 radical (unpaired) electrons. The first-order valence-electron chi connectivity index (χ1n) is 4.24. The van der Waals surface area contributed by atoms with Gasteiger partial charge in [0.25, 0.3) is 0 Å². The Labute approximate surface area is 77.5 Å². The fourth-order valence-electron chi connectivity index (χ4n) is 1.16. The van der Waals surface area contributed by atoms with E-state index in [1.165, 1.54) is 0 Å². The van der Waals surface area contributed by atoms with Crippen molar-refractivity contribution in [1.29, 1.82) is 0 Å². The van der Waals surface area contributed by atoms with Gasteiger partial charge in [0.2, 0.25) is 0 Å². The topological polar surface area (TPSA) is 26.3 Å². The van der Waals surface area contributed by atoms with Crippen molar-refractivity contribution in [3.8, 4) is 0 Å². The van der Waals surface area contributed by atoms with Crippen LogP contribution in [0.1, 0.15) is 25.7 Å². The van der Waals surface area contributed by atoms with Gasteiger partial charge in [-0.2, -0.15) is 0 Å². The van der Waals surface area contributed by atoms with Gasteiger partial charge in [-0.05, 0) is 19.3 Å². The number of hydrogen-bond acceptors (Lipinski definition) is 2. The average Bonchev–Trinajstić information content (AvgIpc) is 2.15. The number of Topliss-reactive ketones (excluding diaryl/α,β-unsaturated/α-hetero) is 1. The third kappa shape index (κ3) is 2.86. The van der Waals surface area contributed by atoms with Gasteiger partial charge in [-0.15, -0.1) is 11.6 Å². The lowest BCUT2D eigenvalue weighted by atomic mass is 10.0. The summed E-state index contributed by atoms with van der Waals surface area (Å²) < 4.78 is 5.07. The van der Waals surface area contributed by atoms with Gasteiger partial charge < -0.3 is 4.74 Å². The Bertz CT molecular complexity index is 187. The summed E-state index contributed by atoms with van der Waals surface area (Å²) in [5.41, 5.74) is 0.825. The first-order chi connectivity index (χ1) is 5.84. The smallest absolute Gasteiger partial charge is 0.161 e. The molecule has 0 aliphatic carbocycles. The quantitative estimate of drug-likeness (QED) is 0.633. The fraction of sp³-hybridized carbons (Fsp3) is 0.667. The highest BCUT2D eigenvalue weighted by atomic mass is 35.5. The van der Waals surface area contributed by atoms with Crippen molar-refractivity contribution in [3.05, 3.63) is 11.8 Å². The lowest BCUT2D eigenvalue weighted by Gasteiger charge is -2.11. The molecule has 1 aliphatic heterocycles. The van der Waals surface area contributed by atoms with Crippen LogP contribution in [0.15, 0.2) is 11.8 Å². The van der Waals surface area contributed by atoms with Gasteiger partial charge in [0.1, 0.15) is 0 Å². The van der Waals surface area contributed by atoms with Crippen LogP contribution in [-0.4, -0.2) is 18.3 Å². The van der Waals surface area contributed by atoms with E-state index in [4.69, 9.17) is 16.3 Å². The second-order valence-corrected chi connectivity index (χ2v) is 3.21. The molecule has 0 fully saturated rings. The van der Waals surface area contributed by atoms with Crippen LogP contribution in [0.4, 0.5) is 0 Å². The Morgan fingerprint density at radius 2 is 2.50 bits per heavy atom. The van der Waals surface area contributed by atoms with Crippen molar-refractivity contribution in [2.75, 3.05) is 12.5 Å². The van der Waals surface area contributed by atoms with E-state index >= 15 is 0 Å². The molecule has 0 aromatic rings. The standard InChI is InChI=1S/C9H13ClO2/c10-5-1-4-9(11)8-3-2-6-12-7-8/h7H,1-6H2. The van der Waals surface area contributed by atoms with Gasteiger partial charge in [0.05, 0.1) is 12.9 Å². The molecule has 0 saturated carbocycles. The van der Waals surface area contributed by atoms with Crippen LogP contribution in [0.3, 0.4) is 0 Å². The van der Waals surface area contributed by atoms with E-state index in [9.17, 15) is 4.79 Å². The number of rotatable bonds is 4. The van der Waals surface area contributed by atoms with Crippen molar-refractivity contribution in [2.24, 2.45) is 0 Å². The van der Waals surface area contributed by atoms with Crippen molar-refractivity contribution in [2.45, 2.75) is 25.7 Å². The van der Waals surface area contributed by atoms with E-state index < -0.39 is 0 Å². The molecule has 1 aliphatic rings. The van der Waals surface area contributed by atoms with Gasteiger partial charge in [-0.25, -0.2) is 0 Å². The third-order valence-corrected chi connectivity index (χ3v) is 2.10. The zero-order chi connectivity index (χ0) is 8.81. The predicted octanol–water partition coefficient (Wildman–Crippen LogP) is 2.27. The summed E-state index contributed by atoms with van der Waals surface area (Å²) in [5.74, 6) is 0.746. The first kappa shape index (κ1) is 9.59. The highest BCUT2D eigenvalue weighted by Crippen LogP contribution is 2.14. The Kier molecular flexibility index (Phi) is 4.15. The Morgan fingerprint density at radius 1 is 1.67 bits per heavy atom. The number of ketones is 1. The first-order valence-corrected chi connectivity index (χ1v) is 4.78. The summed E-state index contributed by atoms with van der Waals surface area (Å²) in [5, 5.41) is 0. The van der Waals surface area contributed by atoms with Crippen molar-refractivity contribution in [1.82, 2.24) is 0 Å². The second kappa shape index (κ2) is 5.20. The minimum atomic E-state index is 0.190. The molecule has 0 spiro atoms. The predicted molar refractivity (Wildman–Crippen MR) is 48.2 cm³/mol. The monoisotopic (exact) mass is 188 g/mol. The molecule has 1 rings (SSSR count). The SMILES string of the molecule is O=C(CCCCl)C1=COCCC1. The molecule has 0 unspecified atom stereocenters. The largest absolute Gasteiger partial charge is 0.501 e. The van der Waals surface area contributed by atoms with Crippen LogP contribution in [0.25, 0.3) is 0 Å². The summed E-state index contributed by atoms with van der Waals surface area (Å²) >= 11 is 5.48. The zero-order valence-corrected chi connectivity index (χ0v) is 7.77. The average molecular weight is 189 g/mol. The summed E-state index contributed by atoms with van der Waals surface area (Å²) in [4.78, 5) is 11.4. The molecule has 0 bridgehead atoms. The summed E-state index contributed by atoms with van der Waals surface area (Å²) in [6.45, 7) is 0.742. The van der Waals surface area contributed by atoms with Gasteiger partial charge in [0.15, 0.2) is 5.78 Å². The minimum Gasteiger partial charge on any atom is -0.501 e. The molecule has 2 nitrogen and oxygen atoms in total. The van der Waals surface area contributed by atoms with E-state index in [0.717, 1.165) is 31.4 Å². The number of ether oxygens (including phenoxy) is 1. The zero-order valence-electron chi connectivity index (χ0n) is 7.01. The van der Waals surface area contributed by atoms with Gasteiger partial charge >= 0.3 is 0 Å². The fourth-order valence-corrected chi connectivity index (χ4v) is 1.29. The maximum atomic E-state index is 11.4. The maximum absolute atomic E-state index is 11.4. The van der Waals surface area contributed by atoms with Gasteiger partial charge in [-0.1, -0.05) is 0 Å². The lowest BCUT2D eigenvalue weighted by Crippen LogP contribution is -2.08. The van der Waals surface area contributed by atoms with Crippen molar-refractivity contribution >= 4 is 17.4 Å². The van der Waals surface area contributed by atoms with Crippen LogP contribution in [0.5, 0.6) is 0 Å². The number of carbonyl (C=O) groups excluding carboxylic acids is 1. The summed E-state index contributed by atoms with van der Waals surface area (Å²) in [7, 11) is 0. The second-order valence-electron chi connectivity index (χ2n) is 2.83. The summed E-state index contributed by atoms with van der Waals surface area (Å²) in [6.07, 6.45) is 4.73. The Morgan fingerprint density at radius 3 is 3.08 bits per heavy atom. The normalized spacial score (nSPS) is 16.6. The van der Waals surface area contributed by atoms with Crippen LogP contribution in [0, 0.1) is 0 Å². The van der Waals surface area contributed by atoms with Crippen LogP contribution in [-0.2, 0) is 9.53 Å². The molecule has 68 valence electrons. The number of hydrogen-bond donors (Lipinski definition) is 0. The van der Waals surface area contributed by atoms with Crippen molar-refractivity contribution < 1.29 is 9.53 Å². The minimum absolute atomic E-state index is 0.190. The van der Waals surface area contributed by atoms with E-state index in [2.05, 4.69) is 0 Å². The van der Waals surface area contributed by atoms with Gasteiger partial charge in [-0.3, -0.25) is 4.79 Å². The van der Waals surface area contributed by atoms with E-state index in [1.807, 2.05) is 0 Å². The molecule has 0 aromatic heterocycles. The molecular formula is C9H13ClO2. The van der Waals surface area contributed by atoms with E-state index in [-0.39, 0.29) is 5.78 Å². The van der Waals surface area contributed by atoms with E-state index in [1.54, 1.807) is 6.26 Å². The Balaban J connectivity index is 2.35. The van der Waals surface area contributed by atoms with Crippen LogP contribution < -0.4 is 0 Å². The lowest BCUT2D eigenvalue weighted by molar-refractivity contribution is -0.116. The molecule has 0 aromatic carbocycles. The van der Waals surface area contributed by atoms with Crippen molar-refractivity contribution in [3.63, 3.8) is 0 Å². The highest BCUT2D eigenvalue weighted by Gasteiger charge is 2.12. The molecule has 3 heteroatoms. The molecule has 0 N–H and O–H groups in total. The molecular weight excluding hydrogens is 176 g/mol. The highest BCUT2D eigenvalue weighted by molar-refractivity contribution is 6.18. The van der Waals surface area contributed by atoms with Crippen LogP contribution >= 0.6 is 11.6 Å². The number of carbonyl (C=O) groups is 1. The molecule has 0 atom stereocenters. The maximum Gasteiger partial charge on any atom is 0.161 e. The van der Waals surface area contributed by atoms with E-state index in [0.29, 0.717) is 12.3 Å². The number of allylic oxidation sites excluding steroid dienone is 1. The molecule has 0 saturated heterocycles. The van der Waals surface area contributed by atoms with Crippen LogP contribution in [0.2, 0.25) is 0 Å². The third-order valence-electron chi connectivity index (χ3n) is 1.83. The molecule has 1 heterocycles. The molecule has 0 amide bonds. The number of halogens is 1. The molecule has 12 heavy (non-hydrogen) atoms. The summed E-state index contributed by atoms with van der Waals surface area (Å²) in [6, 6.07) is 0.